The number of nitrogens with one attached hydrogen (secondary N) is 1. The van der Waals surface area contributed by atoms with Crippen LogP contribution in [0.2, 0.25) is 0 Å². The second-order valence-electron chi connectivity index (χ2n) is 5.44. The number of halogens is 2. The zero-order valence-corrected chi connectivity index (χ0v) is 13.5. The van der Waals surface area contributed by atoms with E-state index in [-0.39, 0.29) is 24.2 Å². The number of amides is 2. The molecule has 2 aromatic rings. The van der Waals surface area contributed by atoms with E-state index in [9.17, 15) is 13.6 Å². The van der Waals surface area contributed by atoms with Gasteiger partial charge in [0.1, 0.15) is 16.6 Å². The average Bonchev–Trinajstić information content (AvgIpc) is 3.10. The molecule has 0 bridgehead atoms. The molecule has 0 radical (unpaired) electrons. The van der Waals surface area contributed by atoms with Gasteiger partial charge in [-0.05, 0) is 30.5 Å². The van der Waals surface area contributed by atoms with E-state index < -0.39 is 11.6 Å². The Balaban J connectivity index is 1.73. The van der Waals surface area contributed by atoms with E-state index in [1.165, 1.54) is 16.2 Å². The molecule has 0 aliphatic carbocycles. The van der Waals surface area contributed by atoms with Gasteiger partial charge in [0.05, 0.1) is 12.6 Å². The number of nitrogens with zero attached hydrogens (tertiary/aromatic N) is 2. The van der Waals surface area contributed by atoms with Gasteiger partial charge in [-0.2, -0.15) is 0 Å². The summed E-state index contributed by atoms with van der Waals surface area (Å²) in [6.07, 6.45) is 2.73. The summed E-state index contributed by atoms with van der Waals surface area (Å²) in [5, 5.41) is 5.63. The Kier molecular flexibility index (Phi) is 4.56. The number of benzene rings is 1. The Hall–Kier alpha value is -2.02. The van der Waals surface area contributed by atoms with Crippen molar-refractivity contribution in [1.82, 2.24) is 15.2 Å². The number of thiazole rings is 1. The smallest absolute Gasteiger partial charge is 0.318 e. The first-order valence-corrected chi connectivity index (χ1v) is 8.38. The zero-order valence-electron chi connectivity index (χ0n) is 12.7. The number of rotatable bonds is 3. The van der Waals surface area contributed by atoms with Crippen molar-refractivity contribution in [2.45, 2.75) is 32.4 Å². The summed E-state index contributed by atoms with van der Waals surface area (Å²) in [6, 6.07) is 1.81. The maximum atomic E-state index is 13.9. The van der Waals surface area contributed by atoms with Crippen molar-refractivity contribution in [3.63, 3.8) is 0 Å². The van der Waals surface area contributed by atoms with E-state index in [1.54, 1.807) is 6.20 Å². The van der Waals surface area contributed by atoms with Gasteiger partial charge in [-0.15, -0.1) is 11.3 Å². The molecule has 1 atom stereocenters. The van der Waals surface area contributed by atoms with Crippen LogP contribution in [0.1, 0.15) is 35.5 Å². The number of hydrogen-bond acceptors (Lipinski definition) is 3. The van der Waals surface area contributed by atoms with Crippen LogP contribution in [0.5, 0.6) is 0 Å². The van der Waals surface area contributed by atoms with E-state index in [1.807, 2.05) is 12.3 Å². The maximum absolute atomic E-state index is 13.9. The Morgan fingerprint density at radius 3 is 2.78 bits per heavy atom. The van der Waals surface area contributed by atoms with Crippen LogP contribution in [0.25, 0.3) is 0 Å². The van der Waals surface area contributed by atoms with E-state index in [4.69, 9.17) is 0 Å². The molecular weight excluding hydrogens is 320 g/mol. The van der Waals surface area contributed by atoms with Crippen molar-refractivity contribution in [3.8, 4) is 0 Å². The first-order valence-electron chi connectivity index (χ1n) is 7.50. The lowest BCUT2D eigenvalue weighted by Crippen LogP contribution is -2.44. The van der Waals surface area contributed by atoms with Crippen molar-refractivity contribution in [2.24, 2.45) is 0 Å². The number of carbonyl (C=O) groups is 1. The van der Waals surface area contributed by atoms with Crippen molar-refractivity contribution >= 4 is 17.4 Å². The van der Waals surface area contributed by atoms with Gasteiger partial charge in [-0.1, -0.05) is 6.92 Å². The molecule has 1 aliphatic heterocycles. The molecule has 3 rings (SSSR count). The Morgan fingerprint density at radius 2 is 2.13 bits per heavy atom. The molecule has 0 saturated carbocycles. The van der Waals surface area contributed by atoms with Crippen LogP contribution in [0, 0.1) is 11.6 Å². The summed E-state index contributed by atoms with van der Waals surface area (Å²) in [6.45, 7) is 2.42. The molecule has 2 heterocycles. The highest BCUT2D eigenvalue weighted by Crippen LogP contribution is 2.25. The van der Waals surface area contributed by atoms with Gasteiger partial charge in [0.25, 0.3) is 0 Å². The Morgan fingerprint density at radius 1 is 1.39 bits per heavy atom. The predicted octanol–water partition coefficient (Wildman–Crippen LogP) is 3.64. The van der Waals surface area contributed by atoms with E-state index in [0.717, 1.165) is 17.1 Å². The summed E-state index contributed by atoms with van der Waals surface area (Å²) in [5.74, 6) is -0.874. The molecule has 4 nitrogen and oxygen atoms in total. The highest BCUT2D eigenvalue weighted by Gasteiger charge is 2.27. The summed E-state index contributed by atoms with van der Waals surface area (Å²) in [7, 11) is 0. The van der Waals surface area contributed by atoms with Gasteiger partial charge < -0.3 is 10.2 Å². The molecule has 1 aromatic heterocycles. The fourth-order valence-electron chi connectivity index (χ4n) is 2.75. The molecule has 1 aliphatic rings. The van der Waals surface area contributed by atoms with Crippen molar-refractivity contribution in [3.05, 3.63) is 51.5 Å². The molecule has 0 saturated heterocycles. The van der Waals surface area contributed by atoms with E-state index in [0.29, 0.717) is 24.9 Å². The van der Waals surface area contributed by atoms with Crippen LogP contribution >= 0.6 is 11.3 Å². The molecule has 0 fully saturated rings. The first-order chi connectivity index (χ1) is 11.1. The topological polar surface area (TPSA) is 45.2 Å². The molecule has 0 unspecified atom stereocenters. The van der Waals surface area contributed by atoms with Crippen LogP contribution < -0.4 is 5.32 Å². The van der Waals surface area contributed by atoms with Gasteiger partial charge in [-0.25, -0.2) is 18.6 Å². The first kappa shape index (κ1) is 15.9. The number of hydrogen-bond donors (Lipinski definition) is 1. The van der Waals surface area contributed by atoms with Gasteiger partial charge in [0.2, 0.25) is 0 Å². The number of fused-ring (bicyclic) bond motifs is 1. The molecule has 1 N–H and O–H groups in total. The number of urea groups is 1. The molecule has 1 aromatic carbocycles. The third kappa shape index (κ3) is 3.19. The lowest BCUT2D eigenvalue weighted by atomic mass is 9.99. The van der Waals surface area contributed by atoms with Crippen LogP contribution in [0.4, 0.5) is 13.6 Å². The fraction of sp³-hybridized carbons (Fsp3) is 0.375. The largest absolute Gasteiger partial charge is 0.329 e. The number of aromatic nitrogens is 1. The Labute approximate surface area is 137 Å². The van der Waals surface area contributed by atoms with Crippen LogP contribution in [0.3, 0.4) is 0 Å². The average molecular weight is 337 g/mol. The summed E-state index contributed by atoms with van der Waals surface area (Å²) in [5.41, 5.74) is 0.648. The van der Waals surface area contributed by atoms with Gasteiger partial charge >= 0.3 is 6.03 Å². The highest BCUT2D eigenvalue weighted by molar-refractivity contribution is 7.09. The second kappa shape index (κ2) is 6.62. The van der Waals surface area contributed by atoms with Crippen molar-refractivity contribution < 1.29 is 13.6 Å². The molecule has 7 heteroatoms. The summed E-state index contributed by atoms with van der Waals surface area (Å²) >= 11 is 1.48. The SMILES string of the molecule is CC[C@H](NC(=O)N1CCc2c(F)ccc(F)c2C1)c1nccs1. The third-order valence-electron chi connectivity index (χ3n) is 4.04. The highest BCUT2D eigenvalue weighted by atomic mass is 32.1. The molecule has 23 heavy (non-hydrogen) atoms. The third-order valence-corrected chi connectivity index (χ3v) is 4.93. The monoisotopic (exact) mass is 337 g/mol. The van der Waals surface area contributed by atoms with Crippen molar-refractivity contribution in [1.29, 1.82) is 0 Å². The van der Waals surface area contributed by atoms with E-state index >= 15 is 0 Å². The zero-order chi connectivity index (χ0) is 16.4. The quantitative estimate of drug-likeness (QED) is 0.929. The summed E-state index contributed by atoms with van der Waals surface area (Å²) in [4.78, 5) is 18.2. The van der Waals surface area contributed by atoms with E-state index in [2.05, 4.69) is 10.3 Å². The number of carbonyl (C=O) groups excluding carboxylic acids is 1. The maximum Gasteiger partial charge on any atom is 0.318 e. The molecule has 0 spiro atoms. The minimum Gasteiger partial charge on any atom is -0.329 e. The fourth-order valence-corrected chi connectivity index (χ4v) is 3.53. The van der Waals surface area contributed by atoms with Crippen molar-refractivity contribution in [2.75, 3.05) is 6.54 Å². The minimum absolute atomic E-state index is 0.0824. The normalized spacial score (nSPS) is 15.2. The van der Waals surface area contributed by atoms with Crippen LogP contribution in [-0.4, -0.2) is 22.5 Å². The standard InChI is InChI=1S/C16H17F2N3OS/c1-2-14(15-19-6-8-23-15)20-16(22)21-7-5-10-11(9-21)13(18)4-3-12(10)17/h3-4,6,8,14H,2,5,7,9H2,1H3,(H,20,22)/t14-/m0/s1. The molecule has 122 valence electrons. The minimum atomic E-state index is -0.467. The lowest BCUT2D eigenvalue weighted by Gasteiger charge is -2.30. The van der Waals surface area contributed by atoms with Gasteiger partial charge in [0.15, 0.2) is 0 Å². The predicted molar refractivity (Wildman–Crippen MR) is 84.1 cm³/mol. The summed E-state index contributed by atoms with van der Waals surface area (Å²) < 4.78 is 27.6. The van der Waals surface area contributed by atoms with Gasteiger partial charge in [0, 0.05) is 23.7 Å². The van der Waals surface area contributed by atoms with Crippen LogP contribution in [0.15, 0.2) is 23.7 Å². The van der Waals surface area contributed by atoms with Crippen LogP contribution in [-0.2, 0) is 13.0 Å². The van der Waals surface area contributed by atoms with Gasteiger partial charge in [-0.3, -0.25) is 0 Å². The lowest BCUT2D eigenvalue weighted by molar-refractivity contribution is 0.186. The Bertz CT molecular complexity index is 706. The second-order valence-corrected chi connectivity index (χ2v) is 6.36. The molecular formula is C16H17F2N3OS. The molecule has 2 amide bonds.